The van der Waals surface area contributed by atoms with Gasteiger partial charge in [0, 0.05) is 12.2 Å². The Morgan fingerprint density at radius 2 is 1.74 bits per heavy atom. The molecule has 2 aromatic carbocycles. The van der Waals surface area contributed by atoms with E-state index in [0.717, 1.165) is 49.2 Å². The average molecular weight is 364 g/mol. The Labute approximate surface area is 159 Å². The van der Waals surface area contributed by atoms with E-state index in [-0.39, 0.29) is 17.9 Å². The monoisotopic (exact) mass is 364 g/mol. The van der Waals surface area contributed by atoms with Crippen molar-refractivity contribution in [3.8, 4) is 0 Å². The molecule has 0 saturated carbocycles. The van der Waals surface area contributed by atoms with Crippen molar-refractivity contribution in [3.05, 3.63) is 65.2 Å². The largest absolute Gasteiger partial charge is 0.465 e. The van der Waals surface area contributed by atoms with Crippen LogP contribution in [0.2, 0.25) is 0 Å². The van der Waals surface area contributed by atoms with Crippen molar-refractivity contribution in [2.45, 2.75) is 25.3 Å². The highest BCUT2D eigenvalue weighted by Crippen LogP contribution is 2.34. The highest BCUT2D eigenvalue weighted by atomic mass is 16.5. The van der Waals surface area contributed by atoms with E-state index in [1.807, 2.05) is 47.4 Å². The van der Waals surface area contributed by atoms with E-state index in [9.17, 15) is 9.59 Å². The molecule has 27 heavy (non-hydrogen) atoms. The number of esters is 1. The van der Waals surface area contributed by atoms with Crippen molar-refractivity contribution in [2.24, 2.45) is 0 Å². The average Bonchev–Trinajstić information content (AvgIpc) is 3.37. The predicted octanol–water partition coefficient (Wildman–Crippen LogP) is 3.20. The second-order valence-corrected chi connectivity index (χ2v) is 7.13. The fourth-order valence-electron chi connectivity index (χ4n) is 4.17. The molecule has 5 heteroatoms. The number of hydrogen-bond acceptors (Lipinski definition) is 4. The summed E-state index contributed by atoms with van der Waals surface area (Å²) in [7, 11) is 1.38. The van der Waals surface area contributed by atoms with Crippen LogP contribution in [0.3, 0.4) is 0 Å². The van der Waals surface area contributed by atoms with Crippen molar-refractivity contribution in [2.75, 3.05) is 31.6 Å². The van der Waals surface area contributed by atoms with Crippen molar-refractivity contribution in [1.29, 1.82) is 0 Å². The first-order valence-corrected chi connectivity index (χ1v) is 9.50. The summed E-state index contributed by atoms with van der Waals surface area (Å²) < 4.78 is 4.81. The van der Waals surface area contributed by atoms with Gasteiger partial charge in [0.2, 0.25) is 5.91 Å². The van der Waals surface area contributed by atoms with Gasteiger partial charge in [-0.25, -0.2) is 4.79 Å². The molecule has 0 N–H and O–H groups in total. The van der Waals surface area contributed by atoms with Gasteiger partial charge in [-0.15, -0.1) is 0 Å². The number of amides is 1. The fraction of sp³-hybridized carbons (Fsp3) is 0.364. The highest BCUT2D eigenvalue weighted by molar-refractivity contribution is 6.00. The topological polar surface area (TPSA) is 49.9 Å². The summed E-state index contributed by atoms with van der Waals surface area (Å²) in [6.45, 7) is 2.55. The van der Waals surface area contributed by atoms with Crippen LogP contribution in [0.5, 0.6) is 0 Å². The Bertz CT molecular complexity index is 844. The number of methoxy groups -OCH3 is 1. The molecule has 1 amide bonds. The van der Waals surface area contributed by atoms with Crippen molar-refractivity contribution >= 4 is 17.6 Å². The molecule has 0 aromatic heterocycles. The van der Waals surface area contributed by atoms with E-state index in [1.165, 1.54) is 7.11 Å². The minimum Gasteiger partial charge on any atom is -0.465 e. The lowest BCUT2D eigenvalue weighted by molar-refractivity contribution is -0.123. The van der Waals surface area contributed by atoms with Gasteiger partial charge in [-0.2, -0.15) is 0 Å². The molecule has 140 valence electrons. The molecule has 1 atom stereocenters. The van der Waals surface area contributed by atoms with Crippen LogP contribution >= 0.6 is 0 Å². The second kappa shape index (κ2) is 7.53. The number of likely N-dealkylation sites (tertiary alicyclic amines) is 1. The summed E-state index contributed by atoms with van der Waals surface area (Å²) in [5.74, 6) is -0.227. The normalized spacial score (nSPS) is 17.6. The maximum atomic E-state index is 13.6. The molecule has 4 rings (SSSR count). The molecule has 0 radical (unpaired) electrons. The SMILES string of the molecule is COC(=O)c1ccc2c(c1)CCN2C(=O)C(c1ccccc1)N1CCCC1. The molecule has 1 fully saturated rings. The Morgan fingerprint density at radius 1 is 1.00 bits per heavy atom. The molecule has 2 aliphatic heterocycles. The zero-order valence-corrected chi connectivity index (χ0v) is 15.6. The summed E-state index contributed by atoms with van der Waals surface area (Å²) >= 11 is 0. The van der Waals surface area contributed by atoms with Gasteiger partial charge in [0.15, 0.2) is 0 Å². The van der Waals surface area contributed by atoms with E-state index in [0.29, 0.717) is 12.1 Å². The van der Waals surface area contributed by atoms with E-state index in [2.05, 4.69) is 4.90 Å². The molecule has 2 aliphatic rings. The predicted molar refractivity (Wildman–Crippen MR) is 104 cm³/mol. The van der Waals surface area contributed by atoms with Crippen LogP contribution in [0.25, 0.3) is 0 Å². The molecule has 0 spiro atoms. The van der Waals surface area contributed by atoms with Gasteiger partial charge >= 0.3 is 5.97 Å². The van der Waals surface area contributed by atoms with Crippen LogP contribution in [0.1, 0.15) is 40.4 Å². The number of hydrogen-bond donors (Lipinski definition) is 0. The summed E-state index contributed by atoms with van der Waals surface area (Å²) in [6.07, 6.45) is 3.03. The van der Waals surface area contributed by atoms with Crippen LogP contribution in [-0.2, 0) is 16.0 Å². The van der Waals surface area contributed by atoms with Gasteiger partial charge < -0.3 is 9.64 Å². The van der Waals surface area contributed by atoms with Gasteiger partial charge in [0.1, 0.15) is 6.04 Å². The number of ether oxygens (including phenoxy) is 1. The van der Waals surface area contributed by atoms with E-state index < -0.39 is 0 Å². The maximum Gasteiger partial charge on any atom is 0.337 e. The number of carbonyl (C=O) groups is 2. The summed E-state index contributed by atoms with van der Waals surface area (Å²) in [4.78, 5) is 29.5. The Kier molecular flexibility index (Phi) is 4.94. The summed E-state index contributed by atoms with van der Waals surface area (Å²) in [5, 5.41) is 0. The molecule has 0 aliphatic carbocycles. The van der Waals surface area contributed by atoms with Crippen molar-refractivity contribution in [1.82, 2.24) is 4.90 Å². The second-order valence-electron chi connectivity index (χ2n) is 7.13. The van der Waals surface area contributed by atoms with Crippen LogP contribution in [-0.4, -0.2) is 43.5 Å². The summed E-state index contributed by atoms with van der Waals surface area (Å²) in [6, 6.07) is 15.3. The van der Waals surface area contributed by atoms with Gasteiger partial charge in [0.25, 0.3) is 0 Å². The van der Waals surface area contributed by atoms with Gasteiger partial charge in [0.05, 0.1) is 12.7 Å². The molecule has 2 aromatic rings. The maximum absolute atomic E-state index is 13.6. The van der Waals surface area contributed by atoms with Crippen LogP contribution in [0.15, 0.2) is 48.5 Å². The molecule has 0 bridgehead atoms. The van der Waals surface area contributed by atoms with Gasteiger partial charge in [-0.1, -0.05) is 30.3 Å². The van der Waals surface area contributed by atoms with Crippen LogP contribution in [0, 0.1) is 0 Å². The zero-order chi connectivity index (χ0) is 18.8. The van der Waals surface area contributed by atoms with Crippen molar-refractivity contribution < 1.29 is 14.3 Å². The molecular formula is C22H24N2O3. The lowest BCUT2D eigenvalue weighted by atomic mass is 10.0. The third-order valence-electron chi connectivity index (χ3n) is 5.52. The van der Waals surface area contributed by atoms with Crippen LogP contribution in [0.4, 0.5) is 5.69 Å². The van der Waals surface area contributed by atoms with E-state index in [1.54, 1.807) is 6.07 Å². The third kappa shape index (κ3) is 3.35. The van der Waals surface area contributed by atoms with Gasteiger partial charge in [-0.3, -0.25) is 9.69 Å². The van der Waals surface area contributed by atoms with E-state index in [4.69, 9.17) is 4.74 Å². The number of nitrogens with zero attached hydrogens (tertiary/aromatic N) is 2. The minimum absolute atomic E-state index is 0.118. The number of fused-ring (bicyclic) bond motifs is 1. The first kappa shape index (κ1) is 17.7. The number of benzene rings is 2. The Balaban J connectivity index is 1.65. The Hall–Kier alpha value is -2.66. The number of anilines is 1. The third-order valence-corrected chi connectivity index (χ3v) is 5.52. The first-order valence-electron chi connectivity index (χ1n) is 9.50. The smallest absolute Gasteiger partial charge is 0.337 e. The molecule has 1 saturated heterocycles. The number of carbonyl (C=O) groups excluding carboxylic acids is 2. The van der Waals surface area contributed by atoms with E-state index >= 15 is 0 Å². The summed E-state index contributed by atoms with van der Waals surface area (Å²) in [5.41, 5.74) is 3.51. The quantitative estimate of drug-likeness (QED) is 0.782. The van der Waals surface area contributed by atoms with Crippen LogP contribution < -0.4 is 4.90 Å². The lowest BCUT2D eigenvalue weighted by Crippen LogP contribution is -2.41. The molecule has 1 unspecified atom stereocenters. The first-order chi connectivity index (χ1) is 13.2. The molecule has 2 heterocycles. The molecular weight excluding hydrogens is 340 g/mol. The molecule has 5 nitrogen and oxygen atoms in total. The fourth-order valence-corrected chi connectivity index (χ4v) is 4.17. The number of rotatable bonds is 4. The lowest BCUT2D eigenvalue weighted by Gasteiger charge is -2.31. The standard InChI is InChI=1S/C22H24N2O3/c1-27-22(26)18-9-10-19-17(15-18)11-14-24(19)21(25)20(23-12-5-6-13-23)16-7-3-2-4-8-16/h2-4,7-10,15,20H,5-6,11-14H2,1H3. The minimum atomic E-state index is -0.346. The zero-order valence-electron chi connectivity index (χ0n) is 15.6. The van der Waals surface area contributed by atoms with Crippen molar-refractivity contribution in [3.63, 3.8) is 0 Å². The Morgan fingerprint density at radius 3 is 2.44 bits per heavy atom. The highest BCUT2D eigenvalue weighted by Gasteiger charge is 2.36. The van der Waals surface area contributed by atoms with Gasteiger partial charge in [-0.05, 0) is 61.7 Å².